The van der Waals surface area contributed by atoms with Gasteiger partial charge in [0, 0.05) is 13.1 Å². The minimum absolute atomic E-state index is 0.112. The van der Waals surface area contributed by atoms with Crippen LogP contribution in [0.25, 0.3) is 0 Å². The van der Waals surface area contributed by atoms with Gasteiger partial charge in [0.25, 0.3) is 0 Å². The first-order valence-electron chi connectivity index (χ1n) is 8.74. The zero-order valence-corrected chi connectivity index (χ0v) is 16.1. The van der Waals surface area contributed by atoms with E-state index in [1.807, 2.05) is 30.3 Å². The third-order valence-electron chi connectivity index (χ3n) is 3.97. The summed E-state index contributed by atoms with van der Waals surface area (Å²) in [7, 11) is 1.35. The molecule has 0 aliphatic rings. The molecule has 0 saturated carbocycles. The Morgan fingerprint density at radius 2 is 1.61 bits per heavy atom. The number of hydrogen-bond donors (Lipinski definition) is 2. The van der Waals surface area contributed by atoms with E-state index in [4.69, 9.17) is 11.6 Å². The Morgan fingerprint density at radius 1 is 0.929 bits per heavy atom. The van der Waals surface area contributed by atoms with Gasteiger partial charge < -0.3 is 15.4 Å². The van der Waals surface area contributed by atoms with Crippen LogP contribution in [-0.4, -0.2) is 34.6 Å². The molecule has 0 spiro atoms. The van der Waals surface area contributed by atoms with Gasteiger partial charge >= 0.3 is 5.97 Å². The number of methoxy groups -OCH3 is 1. The lowest BCUT2D eigenvalue weighted by Gasteiger charge is -2.09. The van der Waals surface area contributed by atoms with Crippen LogP contribution in [0, 0.1) is 0 Å². The minimum atomic E-state index is -0.366. The van der Waals surface area contributed by atoms with Crippen LogP contribution in [0.2, 0.25) is 5.28 Å². The van der Waals surface area contributed by atoms with Crippen molar-refractivity contribution in [2.45, 2.75) is 13.0 Å². The van der Waals surface area contributed by atoms with E-state index in [2.05, 4.69) is 42.5 Å². The summed E-state index contributed by atoms with van der Waals surface area (Å²) in [5, 5.41) is 6.38. The van der Waals surface area contributed by atoms with Gasteiger partial charge in [-0.2, -0.15) is 15.0 Å². The largest absolute Gasteiger partial charge is 0.465 e. The van der Waals surface area contributed by atoms with Crippen molar-refractivity contribution in [3.63, 3.8) is 0 Å². The third-order valence-corrected chi connectivity index (χ3v) is 4.14. The highest BCUT2D eigenvalue weighted by molar-refractivity contribution is 6.28. The average molecular weight is 398 g/mol. The number of anilines is 2. The zero-order valence-electron chi connectivity index (χ0n) is 15.4. The summed E-state index contributed by atoms with van der Waals surface area (Å²) >= 11 is 6.01. The summed E-state index contributed by atoms with van der Waals surface area (Å²) in [6.07, 6.45) is 0.847. The Kier molecular flexibility index (Phi) is 6.75. The number of halogens is 1. The first-order chi connectivity index (χ1) is 13.6. The van der Waals surface area contributed by atoms with Gasteiger partial charge in [-0.25, -0.2) is 4.79 Å². The number of ether oxygens (including phenoxy) is 1. The molecule has 0 bridgehead atoms. The number of benzene rings is 2. The molecule has 0 aliphatic carbocycles. The summed E-state index contributed by atoms with van der Waals surface area (Å²) in [6.45, 7) is 1.16. The molecule has 0 atom stereocenters. The fraction of sp³-hybridized carbons (Fsp3) is 0.200. The molecule has 0 unspecified atom stereocenters. The number of hydrogen-bond acceptors (Lipinski definition) is 7. The quantitative estimate of drug-likeness (QED) is 0.561. The van der Waals surface area contributed by atoms with E-state index in [0.717, 1.165) is 12.0 Å². The molecule has 3 rings (SSSR count). The zero-order chi connectivity index (χ0) is 19.8. The first-order valence-corrected chi connectivity index (χ1v) is 9.12. The normalized spacial score (nSPS) is 10.4. The average Bonchev–Trinajstić information content (AvgIpc) is 2.72. The van der Waals surface area contributed by atoms with Crippen molar-refractivity contribution in [3.8, 4) is 0 Å². The smallest absolute Gasteiger partial charge is 0.337 e. The maximum absolute atomic E-state index is 11.5. The first kappa shape index (κ1) is 19.6. The van der Waals surface area contributed by atoms with Crippen LogP contribution in [-0.2, 0) is 17.7 Å². The highest BCUT2D eigenvalue weighted by atomic mass is 35.5. The van der Waals surface area contributed by atoms with E-state index in [1.54, 1.807) is 12.1 Å². The Balaban J connectivity index is 1.56. The number of carbonyl (C=O) groups is 1. The number of esters is 1. The van der Waals surface area contributed by atoms with Crippen LogP contribution in [0.5, 0.6) is 0 Å². The number of carbonyl (C=O) groups excluding carboxylic acids is 1. The summed E-state index contributed by atoms with van der Waals surface area (Å²) in [6, 6.07) is 17.2. The molecule has 0 aliphatic heterocycles. The fourth-order valence-electron chi connectivity index (χ4n) is 2.53. The van der Waals surface area contributed by atoms with Crippen LogP contribution in [0.1, 0.15) is 21.5 Å². The van der Waals surface area contributed by atoms with Crippen molar-refractivity contribution in [2.75, 3.05) is 24.3 Å². The van der Waals surface area contributed by atoms with E-state index in [-0.39, 0.29) is 11.3 Å². The number of aromatic nitrogens is 3. The van der Waals surface area contributed by atoms with Gasteiger partial charge in [0.1, 0.15) is 0 Å². The lowest BCUT2D eigenvalue weighted by molar-refractivity contribution is 0.0600. The Hall–Kier alpha value is -3.19. The van der Waals surface area contributed by atoms with Crippen LogP contribution in [0.15, 0.2) is 54.6 Å². The predicted molar refractivity (Wildman–Crippen MR) is 109 cm³/mol. The molecule has 144 valence electrons. The van der Waals surface area contributed by atoms with Crippen LogP contribution in [0.3, 0.4) is 0 Å². The van der Waals surface area contributed by atoms with E-state index >= 15 is 0 Å². The van der Waals surface area contributed by atoms with Gasteiger partial charge in [0.15, 0.2) is 0 Å². The molecule has 7 nitrogen and oxygen atoms in total. The number of nitrogens with one attached hydrogen (secondary N) is 2. The fourth-order valence-corrected chi connectivity index (χ4v) is 2.69. The summed E-state index contributed by atoms with van der Waals surface area (Å²) in [5.74, 6) is 0.425. The predicted octanol–water partition coefficient (Wildman–Crippen LogP) is 3.58. The number of rotatable bonds is 8. The molecule has 0 radical (unpaired) electrons. The monoisotopic (exact) mass is 397 g/mol. The lowest BCUT2D eigenvalue weighted by atomic mass is 10.1. The Morgan fingerprint density at radius 3 is 2.29 bits per heavy atom. The summed E-state index contributed by atoms with van der Waals surface area (Å²) in [5.41, 5.74) is 2.69. The Labute approximate surface area is 168 Å². The van der Waals surface area contributed by atoms with E-state index in [0.29, 0.717) is 30.5 Å². The van der Waals surface area contributed by atoms with Gasteiger partial charge in [-0.15, -0.1) is 0 Å². The molecule has 28 heavy (non-hydrogen) atoms. The van der Waals surface area contributed by atoms with Gasteiger partial charge in [0.2, 0.25) is 17.2 Å². The molecular weight excluding hydrogens is 378 g/mol. The second kappa shape index (κ2) is 9.66. The van der Waals surface area contributed by atoms with Gasteiger partial charge in [-0.3, -0.25) is 0 Å². The van der Waals surface area contributed by atoms with Crippen LogP contribution in [0.4, 0.5) is 11.9 Å². The SMILES string of the molecule is COC(=O)c1ccc(CNc2nc(Cl)nc(NCCc3ccccc3)n2)cc1. The Bertz CT molecular complexity index is 920. The molecular formula is C20H20ClN5O2. The van der Waals surface area contributed by atoms with Gasteiger partial charge in [-0.1, -0.05) is 42.5 Å². The van der Waals surface area contributed by atoms with Crippen molar-refractivity contribution >= 4 is 29.5 Å². The van der Waals surface area contributed by atoms with E-state index in [9.17, 15) is 4.79 Å². The van der Waals surface area contributed by atoms with Crippen molar-refractivity contribution in [1.29, 1.82) is 0 Å². The molecule has 2 N–H and O–H groups in total. The molecule has 1 aromatic heterocycles. The molecule has 3 aromatic rings. The van der Waals surface area contributed by atoms with Gasteiger partial charge in [-0.05, 0) is 41.3 Å². The van der Waals surface area contributed by atoms with Crippen molar-refractivity contribution in [3.05, 3.63) is 76.6 Å². The maximum Gasteiger partial charge on any atom is 0.337 e. The third kappa shape index (κ3) is 5.65. The van der Waals surface area contributed by atoms with Crippen LogP contribution < -0.4 is 10.6 Å². The van der Waals surface area contributed by atoms with E-state index in [1.165, 1.54) is 12.7 Å². The second-order valence-corrected chi connectivity index (χ2v) is 6.29. The molecule has 0 saturated heterocycles. The molecule has 0 amide bonds. The maximum atomic E-state index is 11.5. The van der Waals surface area contributed by atoms with E-state index < -0.39 is 0 Å². The van der Waals surface area contributed by atoms with Crippen molar-refractivity contribution < 1.29 is 9.53 Å². The molecule has 0 fully saturated rings. The summed E-state index contributed by atoms with van der Waals surface area (Å²) in [4.78, 5) is 24.0. The molecule has 1 heterocycles. The lowest BCUT2D eigenvalue weighted by Crippen LogP contribution is -2.11. The van der Waals surface area contributed by atoms with Crippen molar-refractivity contribution in [2.24, 2.45) is 0 Å². The molecule has 2 aromatic carbocycles. The van der Waals surface area contributed by atoms with Gasteiger partial charge in [0.05, 0.1) is 12.7 Å². The highest BCUT2D eigenvalue weighted by Crippen LogP contribution is 2.12. The van der Waals surface area contributed by atoms with Crippen LogP contribution >= 0.6 is 11.6 Å². The topological polar surface area (TPSA) is 89.0 Å². The minimum Gasteiger partial charge on any atom is -0.465 e. The standard InChI is InChI=1S/C20H20ClN5O2/c1-28-17(27)16-9-7-15(8-10-16)13-23-20-25-18(21)24-19(26-20)22-12-11-14-5-3-2-4-6-14/h2-10H,11-13H2,1H3,(H2,22,23,24,25,26). The number of nitrogens with zero attached hydrogens (tertiary/aromatic N) is 3. The second-order valence-electron chi connectivity index (χ2n) is 5.96. The highest BCUT2D eigenvalue weighted by Gasteiger charge is 2.07. The van der Waals surface area contributed by atoms with Crippen molar-refractivity contribution in [1.82, 2.24) is 15.0 Å². The summed E-state index contributed by atoms with van der Waals surface area (Å²) < 4.78 is 4.69. The molecule has 8 heteroatoms.